The molecule has 0 aliphatic heterocycles. The second kappa shape index (κ2) is 5.58. The topological polar surface area (TPSA) is 81.2 Å². The quantitative estimate of drug-likeness (QED) is 0.797. The molecule has 106 valence electrons. The molecule has 0 spiro atoms. The van der Waals surface area contributed by atoms with Crippen molar-refractivity contribution in [1.29, 1.82) is 0 Å². The molecule has 1 aromatic carbocycles. The summed E-state index contributed by atoms with van der Waals surface area (Å²) >= 11 is 0. The van der Waals surface area contributed by atoms with Crippen molar-refractivity contribution in [3.63, 3.8) is 0 Å². The van der Waals surface area contributed by atoms with Gasteiger partial charge >= 0.3 is 0 Å². The van der Waals surface area contributed by atoms with Crippen LogP contribution < -0.4 is 5.32 Å². The molecule has 21 heavy (non-hydrogen) atoms. The van der Waals surface area contributed by atoms with E-state index in [1.165, 1.54) is 24.5 Å². The molecular formula is C14H10FN3O3. The van der Waals surface area contributed by atoms with Gasteiger partial charge in [-0.1, -0.05) is 22.4 Å². The van der Waals surface area contributed by atoms with Gasteiger partial charge in [-0.15, -0.1) is 0 Å². The fourth-order valence-electron chi connectivity index (χ4n) is 1.81. The number of nitrogens with one attached hydrogen (secondary N) is 1. The first-order valence-corrected chi connectivity index (χ1v) is 6.13. The van der Waals surface area contributed by atoms with Crippen LogP contribution in [-0.4, -0.2) is 16.2 Å². The minimum Gasteiger partial charge on any atom is -0.363 e. The number of carbonyl (C=O) groups excluding carboxylic acids is 1. The van der Waals surface area contributed by atoms with Crippen molar-refractivity contribution in [3.8, 4) is 11.3 Å². The molecule has 0 aliphatic carbocycles. The molecular weight excluding hydrogens is 277 g/mol. The van der Waals surface area contributed by atoms with Gasteiger partial charge in [0.1, 0.15) is 12.1 Å². The summed E-state index contributed by atoms with van der Waals surface area (Å²) in [6.45, 7) is 0. The normalized spacial score (nSPS) is 10.5. The maximum atomic E-state index is 13.6. The summed E-state index contributed by atoms with van der Waals surface area (Å²) in [7, 11) is 0. The van der Waals surface area contributed by atoms with Crippen molar-refractivity contribution in [1.82, 2.24) is 10.3 Å². The molecule has 0 saturated heterocycles. The molecule has 0 bridgehead atoms. The van der Waals surface area contributed by atoms with E-state index in [9.17, 15) is 9.18 Å². The van der Waals surface area contributed by atoms with E-state index in [1.807, 2.05) is 0 Å². The zero-order valence-electron chi connectivity index (χ0n) is 10.7. The van der Waals surface area contributed by atoms with Crippen LogP contribution in [-0.2, 0) is 11.2 Å². The Balaban J connectivity index is 1.71. The average Bonchev–Trinajstić information content (AvgIpc) is 3.11. The van der Waals surface area contributed by atoms with Gasteiger partial charge in [0.25, 0.3) is 0 Å². The molecule has 1 N–H and O–H groups in total. The van der Waals surface area contributed by atoms with Crippen LogP contribution in [0.4, 0.5) is 10.2 Å². The van der Waals surface area contributed by atoms with E-state index < -0.39 is 5.82 Å². The van der Waals surface area contributed by atoms with Crippen LogP contribution >= 0.6 is 0 Å². The molecule has 0 saturated carbocycles. The fourth-order valence-corrected chi connectivity index (χ4v) is 1.81. The van der Waals surface area contributed by atoms with Crippen molar-refractivity contribution in [2.75, 3.05) is 5.32 Å². The zero-order valence-corrected chi connectivity index (χ0v) is 10.7. The van der Waals surface area contributed by atoms with Crippen molar-refractivity contribution in [3.05, 3.63) is 54.2 Å². The number of anilines is 1. The molecule has 0 fully saturated rings. The van der Waals surface area contributed by atoms with Gasteiger partial charge in [0, 0.05) is 12.1 Å². The molecule has 3 rings (SSSR count). The average molecular weight is 287 g/mol. The van der Waals surface area contributed by atoms with Gasteiger partial charge in [-0.2, -0.15) is 0 Å². The molecule has 0 atom stereocenters. The van der Waals surface area contributed by atoms with E-state index in [1.54, 1.807) is 18.2 Å². The number of nitrogens with zero attached hydrogens (tertiary/aromatic N) is 2. The van der Waals surface area contributed by atoms with Crippen LogP contribution in [0.5, 0.6) is 0 Å². The lowest BCUT2D eigenvalue weighted by molar-refractivity contribution is -0.115. The van der Waals surface area contributed by atoms with Gasteiger partial charge in [-0.25, -0.2) is 4.39 Å². The minimum atomic E-state index is -0.410. The van der Waals surface area contributed by atoms with Crippen molar-refractivity contribution in [2.45, 2.75) is 6.42 Å². The summed E-state index contributed by atoms with van der Waals surface area (Å²) in [5, 5.41) is 9.85. The lowest BCUT2D eigenvalue weighted by atomic mass is 10.1. The number of carbonyl (C=O) groups is 1. The molecule has 0 unspecified atom stereocenters. The van der Waals surface area contributed by atoms with Crippen LogP contribution in [0.25, 0.3) is 11.3 Å². The SMILES string of the molecule is O=C(Cc1cc(-c2ccccc2F)on1)Nc1ccon1. The highest BCUT2D eigenvalue weighted by molar-refractivity contribution is 5.91. The second-order valence-corrected chi connectivity index (χ2v) is 4.27. The van der Waals surface area contributed by atoms with Crippen molar-refractivity contribution in [2.24, 2.45) is 0 Å². The molecule has 2 aromatic heterocycles. The van der Waals surface area contributed by atoms with Crippen LogP contribution in [0.2, 0.25) is 0 Å². The van der Waals surface area contributed by atoms with Crippen molar-refractivity contribution >= 4 is 11.7 Å². The molecule has 7 heteroatoms. The number of aromatic nitrogens is 2. The van der Waals surface area contributed by atoms with E-state index in [4.69, 9.17) is 4.52 Å². The molecule has 1 amide bonds. The first kappa shape index (κ1) is 13.0. The number of benzene rings is 1. The first-order valence-electron chi connectivity index (χ1n) is 6.13. The molecule has 6 nitrogen and oxygen atoms in total. The van der Waals surface area contributed by atoms with E-state index in [0.717, 1.165) is 0 Å². The maximum absolute atomic E-state index is 13.6. The predicted molar refractivity (Wildman–Crippen MR) is 70.7 cm³/mol. The zero-order chi connectivity index (χ0) is 14.7. The number of hydrogen-bond donors (Lipinski definition) is 1. The predicted octanol–water partition coefficient (Wildman–Crippen LogP) is 2.65. The largest absolute Gasteiger partial charge is 0.363 e. The van der Waals surface area contributed by atoms with Crippen molar-refractivity contribution < 1.29 is 18.2 Å². The van der Waals surface area contributed by atoms with Gasteiger partial charge in [0.05, 0.1) is 17.7 Å². The highest BCUT2D eigenvalue weighted by Crippen LogP contribution is 2.23. The van der Waals surface area contributed by atoms with Gasteiger partial charge in [-0.3, -0.25) is 4.79 Å². The number of amides is 1. The maximum Gasteiger partial charge on any atom is 0.231 e. The van der Waals surface area contributed by atoms with Gasteiger partial charge < -0.3 is 14.4 Å². The Morgan fingerprint density at radius 3 is 2.86 bits per heavy atom. The highest BCUT2D eigenvalue weighted by atomic mass is 19.1. The Morgan fingerprint density at radius 2 is 2.10 bits per heavy atom. The van der Waals surface area contributed by atoms with Gasteiger partial charge in [0.15, 0.2) is 11.6 Å². The fraction of sp³-hybridized carbons (Fsp3) is 0.0714. The number of halogens is 1. The third-order valence-electron chi connectivity index (χ3n) is 2.75. The number of hydrogen-bond acceptors (Lipinski definition) is 5. The molecule has 0 aliphatic rings. The van der Waals surface area contributed by atoms with Crippen LogP contribution in [0.15, 0.2) is 51.7 Å². The standard InChI is InChI=1S/C14H10FN3O3/c15-11-4-2-1-3-10(11)12-7-9(17-21-12)8-14(19)16-13-5-6-20-18-13/h1-7H,8H2,(H,16,18,19). The lowest BCUT2D eigenvalue weighted by Crippen LogP contribution is -2.14. The highest BCUT2D eigenvalue weighted by Gasteiger charge is 2.13. The molecule has 0 radical (unpaired) electrons. The third kappa shape index (κ3) is 2.97. The van der Waals surface area contributed by atoms with E-state index in [0.29, 0.717) is 17.1 Å². The van der Waals surface area contributed by atoms with E-state index >= 15 is 0 Å². The summed E-state index contributed by atoms with van der Waals surface area (Å²) in [5.41, 5.74) is 0.697. The smallest absolute Gasteiger partial charge is 0.231 e. The lowest BCUT2D eigenvalue weighted by Gasteiger charge is -1.97. The second-order valence-electron chi connectivity index (χ2n) is 4.27. The first-order chi connectivity index (χ1) is 10.2. The van der Waals surface area contributed by atoms with Gasteiger partial charge in [-0.05, 0) is 12.1 Å². The third-order valence-corrected chi connectivity index (χ3v) is 2.75. The monoisotopic (exact) mass is 287 g/mol. The van der Waals surface area contributed by atoms with Gasteiger partial charge in [0.2, 0.25) is 5.91 Å². The van der Waals surface area contributed by atoms with Crippen LogP contribution in [0.1, 0.15) is 5.69 Å². The molecule has 2 heterocycles. The summed E-state index contributed by atoms with van der Waals surface area (Å²) in [6, 6.07) is 9.23. The Hall–Kier alpha value is -2.96. The van der Waals surface area contributed by atoms with E-state index in [-0.39, 0.29) is 18.1 Å². The Bertz CT molecular complexity index is 752. The van der Waals surface area contributed by atoms with Crippen LogP contribution in [0, 0.1) is 5.82 Å². The van der Waals surface area contributed by atoms with E-state index in [2.05, 4.69) is 20.2 Å². The number of rotatable bonds is 4. The molecule has 3 aromatic rings. The van der Waals surface area contributed by atoms with Crippen LogP contribution in [0.3, 0.4) is 0 Å². The summed E-state index contributed by atoms with van der Waals surface area (Å²) in [4.78, 5) is 11.7. The Kier molecular flexibility index (Phi) is 3.46. The minimum absolute atomic E-state index is 0.00911. The summed E-state index contributed by atoms with van der Waals surface area (Å²) in [5.74, 6) is -0.139. The summed E-state index contributed by atoms with van der Waals surface area (Å²) in [6.07, 6.45) is 1.34. The Labute approximate surface area is 118 Å². The Morgan fingerprint density at radius 1 is 1.24 bits per heavy atom. The summed E-state index contributed by atoms with van der Waals surface area (Å²) < 4.78 is 23.3.